The Balaban J connectivity index is 2.18. The normalized spacial score (nSPS) is 10.2. The van der Waals surface area contributed by atoms with Crippen molar-refractivity contribution >= 4 is 21.7 Å². The molecule has 1 heterocycles. The van der Waals surface area contributed by atoms with Crippen molar-refractivity contribution in [2.75, 3.05) is 0 Å². The Bertz CT molecular complexity index is 542. The minimum atomic E-state index is -0.429. The minimum absolute atomic E-state index is 0.121. The fourth-order valence-corrected chi connectivity index (χ4v) is 1.71. The standard InChI is InChI=1S/C13H9BrFNO/c14-11-4-3-10(7-12(11)15)13(17)6-9-2-1-5-16-8-9/h1-5,7-8H,6H2. The summed E-state index contributed by atoms with van der Waals surface area (Å²) in [7, 11) is 0. The zero-order valence-electron chi connectivity index (χ0n) is 8.86. The van der Waals surface area contributed by atoms with Crippen molar-refractivity contribution in [3.05, 3.63) is 64.1 Å². The molecule has 86 valence electrons. The third-order valence-corrected chi connectivity index (χ3v) is 2.97. The van der Waals surface area contributed by atoms with E-state index >= 15 is 0 Å². The number of rotatable bonds is 3. The highest BCUT2D eigenvalue weighted by atomic mass is 79.9. The highest BCUT2D eigenvalue weighted by molar-refractivity contribution is 9.10. The smallest absolute Gasteiger partial charge is 0.167 e. The van der Waals surface area contributed by atoms with Gasteiger partial charge in [-0.05, 0) is 39.7 Å². The molecule has 0 bridgehead atoms. The van der Waals surface area contributed by atoms with E-state index in [0.29, 0.717) is 10.0 Å². The van der Waals surface area contributed by atoms with Gasteiger partial charge in [-0.3, -0.25) is 9.78 Å². The zero-order valence-corrected chi connectivity index (χ0v) is 10.4. The molecule has 0 N–H and O–H groups in total. The van der Waals surface area contributed by atoms with E-state index in [0.717, 1.165) is 5.56 Å². The largest absolute Gasteiger partial charge is 0.294 e. The molecule has 0 spiro atoms. The van der Waals surface area contributed by atoms with Gasteiger partial charge >= 0.3 is 0 Å². The lowest BCUT2D eigenvalue weighted by Gasteiger charge is -2.02. The Morgan fingerprint density at radius 3 is 2.82 bits per heavy atom. The summed E-state index contributed by atoms with van der Waals surface area (Å²) in [5.41, 5.74) is 1.19. The molecule has 0 unspecified atom stereocenters. The number of aromatic nitrogens is 1. The summed E-state index contributed by atoms with van der Waals surface area (Å²) in [6.45, 7) is 0. The van der Waals surface area contributed by atoms with Crippen molar-refractivity contribution < 1.29 is 9.18 Å². The fraction of sp³-hybridized carbons (Fsp3) is 0.0769. The van der Waals surface area contributed by atoms with Crippen LogP contribution >= 0.6 is 15.9 Å². The highest BCUT2D eigenvalue weighted by Crippen LogP contribution is 2.17. The second kappa shape index (κ2) is 5.19. The molecular formula is C13H9BrFNO. The fourth-order valence-electron chi connectivity index (χ4n) is 1.46. The molecule has 0 radical (unpaired) electrons. The summed E-state index contributed by atoms with van der Waals surface area (Å²) in [5.74, 6) is -0.550. The lowest BCUT2D eigenvalue weighted by molar-refractivity contribution is 0.0992. The van der Waals surface area contributed by atoms with Crippen LogP contribution in [0.25, 0.3) is 0 Å². The van der Waals surface area contributed by atoms with E-state index in [1.54, 1.807) is 24.5 Å². The van der Waals surface area contributed by atoms with E-state index in [1.165, 1.54) is 12.1 Å². The Labute approximate surface area is 107 Å². The average Bonchev–Trinajstić information content (AvgIpc) is 2.34. The number of hydrogen-bond acceptors (Lipinski definition) is 2. The maximum atomic E-state index is 13.3. The van der Waals surface area contributed by atoms with Crippen LogP contribution in [0.5, 0.6) is 0 Å². The predicted octanol–water partition coefficient (Wildman–Crippen LogP) is 3.41. The molecule has 0 aliphatic heterocycles. The average molecular weight is 294 g/mol. The third-order valence-electron chi connectivity index (χ3n) is 2.33. The van der Waals surface area contributed by atoms with Crippen LogP contribution in [0.3, 0.4) is 0 Å². The first kappa shape index (κ1) is 11.9. The van der Waals surface area contributed by atoms with Gasteiger partial charge < -0.3 is 0 Å². The van der Waals surface area contributed by atoms with Crippen molar-refractivity contribution in [2.45, 2.75) is 6.42 Å². The quantitative estimate of drug-likeness (QED) is 0.812. The predicted molar refractivity (Wildman–Crippen MR) is 66.4 cm³/mol. The summed E-state index contributed by atoms with van der Waals surface area (Å²) in [5, 5.41) is 0. The highest BCUT2D eigenvalue weighted by Gasteiger charge is 2.09. The van der Waals surface area contributed by atoms with Crippen molar-refractivity contribution in [3.63, 3.8) is 0 Å². The number of carbonyl (C=O) groups excluding carboxylic acids is 1. The Kier molecular flexibility index (Phi) is 3.64. The molecular weight excluding hydrogens is 285 g/mol. The van der Waals surface area contributed by atoms with E-state index < -0.39 is 5.82 Å². The van der Waals surface area contributed by atoms with E-state index in [-0.39, 0.29) is 12.2 Å². The zero-order chi connectivity index (χ0) is 12.3. The molecule has 0 aliphatic rings. The Hall–Kier alpha value is -1.55. The maximum absolute atomic E-state index is 13.3. The first-order valence-corrected chi connectivity index (χ1v) is 5.83. The molecule has 4 heteroatoms. The van der Waals surface area contributed by atoms with Crippen LogP contribution < -0.4 is 0 Å². The summed E-state index contributed by atoms with van der Waals surface area (Å²) in [6.07, 6.45) is 3.51. The van der Waals surface area contributed by atoms with Gasteiger partial charge in [-0.1, -0.05) is 12.1 Å². The molecule has 17 heavy (non-hydrogen) atoms. The van der Waals surface area contributed by atoms with Crippen molar-refractivity contribution in [3.8, 4) is 0 Å². The van der Waals surface area contributed by atoms with Crippen molar-refractivity contribution in [1.82, 2.24) is 4.98 Å². The van der Waals surface area contributed by atoms with Crippen LogP contribution in [0.1, 0.15) is 15.9 Å². The van der Waals surface area contributed by atoms with Gasteiger partial charge in [0.1, 0.15) is 5.82 Å². The first-order valence-electron chi connectivity index (χ1n) is 5.04. The number of carbonyl (C=O) groups is 1. The van der Waals surface area contributed by atoms with Crippen LogP contribution in [0.15, 0.2) is 47.2 Å². The lowest BCUT2D eigenvalue weighted by Crippen LogP contribution is -2.04. The van der Waals surface area contributed by atoms with Crippen LogP contribution in [0.2, 0.25) is 0 Å². The van der Waals surface area contributed by atoms with Crippen molar-refractivity contribution in [1.29, 1.82) is 0 Å². The summed E-state index contributed by atoms with van der Waals surface area (Å²) in [4.78, 5) is 15.8. The van der Waals surface area contributed by atoms with Gasteiger partial charge in [0.25, 0.3) is 0 Å². The van der Waals surface area contributed by atoms with Crippen molar-refractivity contribution in [2.24, 2.45) is 0 Å². The minimum Gasteiger partial charge on any atom is -0.294 e. The molecule has 1 aromatic heterocycles. The number of halogens is 2. The molecule has 2 aromatic rings. The number of pyridine rings is 1. The lowest BCUT2D eigenvalue weighted by atomic mass is 10.0. The number of hydrogen-bond donors (Lipinski definition) is 0. The number of ketones is 1. The van der Waals surface area contributed by atoms with Crippen LogP contribution in [-0.4, -0.2) is 10.8 Å². The number of Topliss-reactive ketones (excluding diaryl/α,β-unsaturated/α-hetero) is 1. The van der Waals surface area contributed by atoms with Gasteiger partial charge in [0.2, 0.25) is 0 Å². The summed E-state index contributed by atoms with van der Waals surface area (Å²) < 4.78 is 13.6. The maximum Gasteiger partial charge on any atom is 0.167 e. The van der Waals surface area contributed by atoms with Crippen LogP contribution in [-0.2, 0) is 6.42 Å². The third kappa shape index (κ3) is 2.97. The molecule has 0 aliphatic carbocycles. The summed E-state index contributed by atoms with van der Waals surface area (Å²) >= 11 is 3.05. The monoisotopic (exact) mass is 293 g/mol. The Morgan fingerprint density at radius 2 is 2.18 bits per heavy atom. The molecule has 0 amide bonds. The number of nitrogens with zero attached hydrogens (tertiary/aromatic N) is 1. The first-order chi connectivity index (χ1) is 8.16. The molecule has 0 saturated heterocycles. The topological polar surface area (TPSA) is 30.0 Å². The molecule has 2 nitrogen and oxygen atoms in total. The Morgan fingerprint density at radius 1 is 1.35 bits per heavy atom. The van der Waals surface area contributed by atoms with Gasteiger partial charge in [0.05, 0.1) is 4.47 Å². The molecule has 0 atom stereocenters. The van der Waals surface area contributed by atoms with Crippen LogP contribution in [0, 0.1) is 5.82 Å². The van der Waals surface area contributed by atoms with Crippen LogP contribution in [0.4, 0.5) is 4.39 Å². The molecule has 0 fully saturated rings. The van der Waals surface area contributed by atoms with Gasteiger partial charge in [0.15, 0.2) is 5.78 Å². The van der Waals surface area contributed by atoms with E-state index in [4.69, 9.17) is 0 Å². The van der Waals surface area contributed by atoms with Gasteiger partial charge in [-0.2, -0.15) is 0 Å². The van der Waals surface area contributed by atoms with E-state index in [2.05, 4.69) is 20.9 Å². The molecule has 2 rings (SSSR count). The SMILES string of the molecule is O=C(Cc1cccnc1)c1ccc(Br)c(F)c1. The second-order valence-electron chi connectivity index (χ2n) is 3.59. The molecule has 0 saturated carbocycles. The second-order valence-corrected chi connectivity index (χ2v) is 4.44. The van der Waals surface area contributed by atoms with E-state index in [9.17, 15) is 9.18 Å². The summed E-state index contributed by atoms with van der Waals surface area (Å²) in [6, 6.07) is 7.96. The number of benzene rings is 1. The van der Waals surface area contributed by atoms with Gasteiger partial charge in [-0.15, -0.1) is 0 Å². The van der Waals surface area contributed by atoms with Gasteiger partial charge in [-0.25, -0.2) is 4.39 Å². The molecule has 1 aromatic carbocycles. The van der Waals surface area contributed by atoms with Gasteiger partial charge in [0, 0.05) is 24.4 Å². The van der Waals surface area contributed by atoms with E-state index in [1.807, 2.05) is 6.07 Å².